The van der Waals surface area contributed by atoms with Gasteiger partial charge in [0.1, 0.15) is 0 Å². The number of carbonyl (C=O) groups is 1. The second-order valence-corrected chi connectivity index (χ2v) is 7.08. The first-order chi connectivity index (χ1) is 12.5. The Morgan fingerprint density at radius 2 is 2.04 bits per heavy atom. The number of nitrogens with zero attached hydrogens (tertiary/aromatic N) is 2. The van der Waals surface area contributed by atoms with E-state index in [-0.39, 0.29) is 24.5 Å². The van der Waals surface area contributed by atoms with Crippen molar-refractivity contribution in [2.45, 2.75) is 26.8 Å². The van der Waals surface area contributed by atoms with Crippen LogP contribution in [0.2, 0.25) is 0 Å². The Morgan fingerprint density at radius 3 is 2.67 bits per heavy atom. The summed E-state index contributed by atoms with van der Waals surface area (Å²) in [5, 5.41) is 11.2. The molecule has 1 radical (unpaired) electrons. The third-order valence-corrected chi connectivity index (χ3v) is 5.56. The summed E-state index contributed by atoms with van der Waals surface area (Å²) in [5.41, 5.74) is 4.36. The van der Waals surface area contributed by atoms with Gasteiger partial charge in [-0.25, -0.2) is 0 Å². The van der Waals surface area contributed by atoms with Crippen LogP contribution in [-0.2, 0) is 4.79 Å². The number of rotatable bonds is 5. The summed E-state index contributed by atoms with van der Waals surface area (Å²) < 4.78 is 0. The molecule has 0 fully saturated rings. The molecular weight excluding hydrogens is 588 g/mol. The predicted molar refractivity (Wildman–Crippen MR) is 106 cm³/mol. The average molecular weight is 617 g/mol. The first-order valence-electron chi connectivity index (χ1n) is 9.40. The van der Waals surface area contributed by atoms with Gasteiger partial charge in [0.05, 0.1) is 24.1 Å². The van der Waals surface area contributed by atoms with E-state index in [4.69, 9.17) is 0 Å². The van der Waals surface area contributed by atoms with E-state index in [2.05, 4.69) is 35.0 Å². The molecule has 155 valence electrons. The Morgan fingerprint density at radius 1 is 1.33 bits per heavy atom. The quantitative estimate of drug-likeness (QED) is 0.543. The minimum absolute atomic E-state index is 0. The van der Waals surface area contributed by atoms with Crippen LogP contribution in [0.25, 0.3) is 16.5 Å². The molecule has 1 aromatic carbocycles. The Hall–Kier alpha value is -3.11. The van der Waals surface area contributed by atoms with Gasteiger partial charge in [-0.15, -0.1) is 0 Å². The molecule has 2 atom stereocenters. The minimum Gasteiger partial charge on any atom is -0.394 e. The molecule has 1 aliphatic rings. The molecule has 27 heavy (non-hydrogen) atoms. The smallest absolute Gasteiger partial charge is 0.230 e. The van der Waals surface area contributed by atoms with Crippen LogP contribution in [0.5, 0.6) is 0 Å². The fourth-order valence-corrected chi connectivity index (χ4v) is 4.02. The molecule has 1 amide bonds. The second kappa shape index (κ2) is 8.06. The van der Waals surface area contributed by atoms with Gasteiger partial charge in [0.25, 0.3) is 0 Å². The predicted octanol–water partition coefficient (Wildman–Crippen LogP) is 2.65. The van der Waals surface area contributed by atoms with E-state index in [9.17, 15) is 9.90 Å². The molecule has 2 N–H and O–H groups in total. The first-order valence-corrected chi connectivity index (χ1v) is 9.40. The average Bonchev–Trinajstić information content (AvgIpc) is 3.03. The van der Waals surface area contributed by atoms with E-state index in [1.165, 1.54) is 10.9 Å². The molecule has 0 saturated carbocycles. The summed E-state index contributed by atoms with van der Waals surface area (Å²) in [7, 11) is 1.98. The van der Waals surface area contributed by atoms with Crippen molar-refractivity contribution in [1.82, 2.24) is 14.8 Å². The number of nitrogens with one attached hydrogen (secondary N) is 1. The van der Waals surface area contributed by atoms with Crippen LogP contribution in [0.1, 0.15) is 25.0 Å². The summed E-state index contributed by atoms with van der Waals surface area (Å²) >= 11 is 0. The largest absolute Gasteiger partial charge is 0.394 e. The molecule has 2 heterocycles. The maximum absolute atomic E-state index is 12.9. The maximum Gasteiger partial charge on any atom is 0.230 e. The number of aromatic amines is 1. The molecule has 0 bridgehead atoms. The van der Waals surface area contributed by atoms with Crippen LogP contribution in [-0.4, -0.2) is 65.1 Å². The van der Waals surface area contributed by atoms with Gasteiger partial charge in [-0.05, 0) is 39.0 Å². The number of aromatic nitrogens is 1. The van der Waals surface area contributed by atoms with Crippen molar-refractivity contribution < 1.29 is 9.90 Å². The molecule has 0 unspecified atom stereocenters. The van der Waals surface area contributed by atoms with Gasteiger partial charge < -0.3 is 15.0 Å². The number of carbonyl (C=O) groups excluding carboxylic acids is 1. The number of aliphatic hydroxyl groups is 1. The van der Waals surface area contributed by atoms with Crippen molar-refractivity contribution >= 4 is 22.4 Å². The number of amides is 1. The van der Waals surface area contributed by atoms with Crippen LogP contribution >= 0.6 is 0 Å². The van der Waals surface area contributed by atoms with Crippen LogP contribution in [0.15, 0.2) is 30.5 Å². The zero-order valence-electron chi connectivity index (χ0n) is 16.4. The van der Waals surface area contributed by atoms with Gasteiger partial charge in [-0.1, -0.05) is 24.3 Å². The minimum atomic E-state index is -0.191. The van der Waals surface area contributed by atoms with Gasteiger partial charge >= 0.3 is 0 Å². The number of fused-ring (bicyclic) bond motifs is 1. The Kier molecular flexibility index (Phi) is 6.03. The van der Waals surface area contributed by atoms with E-state index >= 15 is 0 Å². The van der Waals surface area contributed by atoms with E-state index in [1.807, 2.05) is 38.1 Å². The molecule has 2 aromatic rings. The fraction of sp³-hybridized carbons (Fsp3) is 0.476. The third-order valence-electron chi connectivity index (χ3n) is 5.56. The van der Waals surface area contributed by atoms with Crippen molar-refractivity contribution in [3.63, 3.8) is 0 Å². The van der Waals surface area contributed by atoms with Gasteiger partial charge in [-0.3, -0.25) is 9.69 Å². The zero-order chi connectivity index (χ0) is 18.8. The molecule has 0 aliphatic carbocycles. The molecule has 1 aliphatic heterocycles. The standard InChI is InChI=1S/C21H29N3O2.Lr/c1-5-24(6-2)21(26)15-10-18(19(13-25)23(4)12-15)17-9-7-8-16-14(3)11-22-20(16)17;/h7-11,15,19,22,25H,5-6,12-13H2,1-4H3;/t15-,19-;/m1./s1. The Balaban J connectivity index is 0.00000261. The van der Waals surface area contributed by atoms with Gasteiger partial charge in [0, 0.05) is 36.8 Å². The zero-order valence-corrected chi connectivity index (χ0v) is 18.5. The summed E-state index contributed by atoms with van der Waals surface area (Å²) in [6.07, 6.45) is 4.08. The second-order valence-electron chi connectivity index (χ2n) is 7.08. The van der Waals surface area contributed by atoms with Crippen LogP contribution in [0.3, 0.4) is 0 Å². The number of aliphatic hydroxyl groups excluding tert-OH is 1. The Labute approximate surface area is 155 Å². The number of hydrogen-bond donors (Lipinski definition) is 2. The fourth-order valence-electron chi connectivity index (χ4n) is 4.02. The topological polar surface area (TPSA) is 59.6 Å². The normalized spacial score (nSPS) is 20.3. The monoisotopic (exact) mass is 617 g/mol. The van der Waals surface area contributed by atoms with Crippen LogP contribution in [0.4, 0.5) is 0 Å². The van der Waals surface area contributed by atoms with E-state index in [1.54, 1.807) is 0 Å². The van der Waals surface area contributed by atoms with Crippen molar-refractivity contribution in [3.05, 3.63) is 41.6 Å². The summed E-state index contributed by atoms with van der Waals surface area (Å²) in [6, 6.07) is 6.11. The van der Waals surface area contributed by atoms with Crippen molar-refractivity contribution in [2.24, 2.45) is 5.92 Å². The summed E-state index contributed by atoms with van der Waals surface area (Å²) in [6.45, 7) is 8.20. The van der Waals surface area contributed by atoms with E-state index < -0.39 is 0 Å². The van der Waals surface area contributed by atoms with E-state index in [0.717, 1.165) is 16.7 Å². The number of likely N-dealkylation sites (N-methyl/N-ethyl adjacent to an activating group) is 1. The van der Waals surface area contributed by atoms with E-state index in [0.29, 0.717) is 19.6 Å². The van der Waals surface area contributed by atoms with Crippen LogP contribution in [0, 0.1) is 12.8 Å². The molecule has 0 spiro atoms. The first kappa shape index (κ1) is 20.2. The number of hydrogen-bond acceptors (Lipinski definition) is 3. The Bertz CT molecular complexity index is 826. The third kappa shape index (κ3) is 3.44. The van der Waals surface area contributed by atoms with Crippen LogP contribution < -0.4 is 0 Å². The van der Waals surface area contributed by atoms with Gasteiger partial charge in [-0.2, -0.15) is 0 Å². The molecule has 3 rings (SSSR count). The molecular formula is C21H29LrN3O2. The number of para-hydroxylation sites is 1. The van der Waals surface area contributed by atoms with Crippen molar-refractivity contribution in [2.75, 3.05) is 33.3 Å². The number of benzene rings is 1. The molecule has 0 saturated heterocycles. The maximum atomic E-state index is 12.9. The summed E-state index contributed by atoms with van der Waals surface area (Å²) in [5.74, 6) is -0.0328. The number of H-pyrrole nitrogens is 1. The SMILES string of the molecule is CCN(CC)C(=O)[C@@H]1C=C(c2cccc3c(C)c[nH]c23)[C@@H](CO)N(C)C1.[Lr]. The molecule has 5 nitrogen and oxygen atoms in total. The molecule has 6 heteroatoms. The molecule has 1 aromatic heterocycles. The van der Waals surface area contributed by atoms with Gasteiger partial charge in [0.2, 0.25) is 5.91 Å². The van der Waals surface area contributed by atoms with Crippen molar-refractivity contribution in [3.8, 4) is 0 Å². The summed E-state index contributed by atoms with van der Waals surface area (Å²) in [4.78, 5) is 20.3. The number of aryl methyl sites for hydroxylation is 1. The van der Waals surface area contributed by atoms with Gasteiger partial charge in [0.15, 0.2) is 0 Å². The van der Waals surface area contributed by atoms with Crippen molar-refractivity contribution in [1.29, 1.82) is 0 Å².